The fourth-order valence-corrected chi connectivity index (χ4v) is 2.58. The Bertz CT molecular complexity index is 536. The van der Waals surface area contributed by atoms with Crippen molar-refractivity contribution in [1.29, 1.82) is 0 Å². The summed E-state index contributed by atoms with van der Waals surface area (Å²) in [5.74, 6) is -0.741. The standard InChI is InChI=1S/C13H19NO4S2.Na/c1-14(7-8-20(16,17)18)13(15)12(10-19)9-11-5-3-2-4-6-11;/h2-6,12,19H,7-10H2,1H3,(H,16,17,18);/q;+1/p-1. The van der Waals surface area contributed by atoms with Gasteiger partial charge in [0.1, 0.15) is 0 Å². The molecule has 8 heteroatoms. The first kappa shape index (κ1) is 20.9. The SMILES string of the molecule is CN(CCS(=O)(=O)[O-])C(=O)C(CS)Cc1ccccc1.[Na+]. The summed E-state index contributed by atoms with van der Waals surface area (Å²) in [6, 6.07) is 9.52. The van der Waals surface area contributed by atoms with Gasteiger partial charge in [0, 0.05) is 19.3 Å². The molecule has 1 rings (SSSR count). The quantitative estimate of drug-likeness (QED) is 0.347. The van der Waals surface area contributed by atoms with Gasteiger partial charge >= 0.3 is 29.6 Å². The third kappa shape index (κ3) is 8.23. The summed E-state index contributed by atoms with van der Waals surface area (Å²) in [4.78, 5) is 13.5. The molecule has 0 aliphatic heterocycles. The Morgan fingerprint density at radius 2 is 1.90 bits per heavy atom. The number of hydrogen-bond acceptors (Lipinski definition) is 5. The van der Waals surface area contributed by atoms with E-state index in [1.807, 2.05) is 30.3 Å². The van der Waals surface area contributed by atoms with Crippen LogP contribution in [0.3, 0.4) is 0 Å². The van der Waals surface area contributed by atoms with Crippen LogP contribution in [0.2, 0.25) is 0 Å². The van der Waals surface area contributed by atoms with Crippen molar-refractivity contribution in [2.75, 3.05) is 25.1 Å². The van der Waals surface area contributed by atoms with Gasteiger partial charge in [0.05, 0.1) is 21.8 Å². The minimum Gasteiger partial charge on any atom is -0.748 e. The maximum absolute atomic E-state index is 12.2. The normalized spacial score (nSPS) is 12.3. The maximum Gasteiger partial charge on any atom is 1.00 e. The molecule has 0 aliphatic rings. The number of carbonyl (C=O) groups is 1. The van der Waals surface area contributed by atoms with Gasteiger partial charge in [-0.05, 0) is 12.0 Å². The van der Waals surface area contributed by atoms with E-state index in [1.165, 1.54) is 11.9 Å². The van der Waals surface area contributed by atoms with Crippen molar-refractivity contribution in [3.8, 4) is 0 Å². The van der Waals surface area contributed by atoms with E-state index < -0.39 is 15.9 Å². The molecule has 0 aliphatic carbocycles. The summed E-state index contributed by atoms with van der Waals surface area (Å²) in [7, 11) is -2.81. The predicted molar refractivity (Wildman–Crippen MR) is 79.7 cm³/mol. The van der Waals surface area contributed by atoms with Crippen LogP contribution in [-0.4, -0.2) is 48.9 Å². The average molecular weight is 339 g/mol. The molecular formula is C13H18NNaO4S2. The van der Waals surface area contributed by atoms with Crippen LogP contribution < -0.4 is 29.6 Å². The van der Waals surface area contributed by atoms with E-state index in [2.05, 4.69) is 12.6 Å². The van der Waals surface area contributed by atoms with Crippen LogP contribution in [0.4, 0.5) is 0 Å². The molecule has 21 heavy (non-hydrogen) atoms. The molecule has 1 unspecified atom stereocenters. The molecule has 0 aromatic heterocycles. The molecule has 0 heterocycles. The molecule has 0 fully saturated rings. The molecule has 0 radical (unpaired) electrons. The van der Waals surface area contributed by atoms with Gasteiger partial charge in [-0.25, -0.2) is 8.42 Å². The number of nitrogens with zero attached hydrogens (tertiary/aromatic N) is 1. The van der Waals surface area contributed by atoms with E-state index in [-0.39, 0.29) is 47.9 Å². The summed E-state index contributed by atoms with van der Waals surface area (Å²) in [6.07, 6.45) is 0.539. The van der Waals surface area contributed by atoms with E-state index >= 15 is 0 Å². The molecule has 1 aromatic carbocycles. The number of rotatable bonds is 7. The van der Waals surface area contributed by atoms with Crippen LogP contribution in [-0.2, 0) is 21.3 Å². The Hall–Kier alpha value is -0.0500. The van der Waals surface area contributed by atoms with Crippen molar-refractivity contribution >= 4 is 28.7 Å². The van der Waals surface area contributed by atoms with Gasteiger partial charge in [0.2, 0.25) is 5.91 Å². The second-order valence-electron chi connectivity index (χ2n) is 4.59. The van der Waals surface area contributed by atoms with Crippen molar-refractivity contribution < 1.29 is 47.3 Å². The monoisotopic (exact) mass is 339 g/mol. The van der Waals surface area contributed by atoms with Crippen molar-refractivity contribution in [1.82, 2.24) is 4.90 Å². The smallest absolute Gasteiger partial charge is 0.748 e. The third-order valence-corrected chi connectivity index (χ3v) is 4.07. The Balaban J connectivity index is 0.00000400. The Morgan fingerprint density at radius 3 is 2.38 bits per heavy atom. The summed E-state index contributed by atoms with van der Waals surface area (Å²) >= 11 is 4.18. The van der Waals surface area contributed by atoms with E-state index in [0.29, 0.717) is 12.2 Å². The number of amides is 1. The van der Waals surface area contributed by atoms with Gasteiger partial charge in [0.15, 0.2) is 0 Å². The van der Waals surface area contributed by atoms with E-state index in [0.717, 1.165) is 5.56 Å². The van der Waals surface area contributed by atoms with Crippen LogP contribution in [0.25, 0.3) is 0 Å². The van der Waals surface area contributed by atoms with Crippen molar-refractivity contribution in [2.45, 2.75) is 6.42 Å². The topological polar surface area (TPSA) is 77.5 Å². The number of thiol groups is 1. The summed E-state index contributed by atoms with van der Waals surface area (Å²) in [6.45, 7) is -0.0935. The largest absolute Gasteiger partial charge is 1.00 e. The predicted octanol–water partition coefficient (Wildman–Crippen LogP) is -2.22. The number of carbonyl (C=O) groups excluding carboxylic acids is 1. The van der Waals surface area contributed by atoms with Gasteiger partial charge in [-0.3, -0.25) is 4.79 Å². The number of hydrogen-bond donors (Lipinski definition) is 1. The summed E-state index contributed by atoms with van der Waals surface area (Å²) in [5, 5.41) is 0. The van der Waals surface area contributed by atoms with Crippen molar-refractivity contribution in [2.24, 2.45) is 5.92 Å². The molecule has 0 bridgehead atoms. The average Bonchev–Trinajstić information content (AvgIpc) is 2.41. The van der Waals surface area contributed by atoms with E-state index in [1.54, 1.807) is 0 Å². The Labute approximate surface area is 153 Å². The van der Waals surface area contributed by atoms with E-state index in [4.69, 9.17) is 0 Å². The van der Waals surface area contributed by atoms with Gasteiger partial charge in [-0.15, -0.1) is 0 Å². The molecular weight excluding hydrogens is 321 g/mol. The first-order valence-electron chi connectivity index (χ1n) is 6.17. The molecule has 5 nitrogen and oxygen atoms in total. The molecule has 0 saturated carbocycles. The van der Waals surface area contributed by atoms with Crippen molar-refractivity contribution in [3.05, 3.63) is 35.9 Å². The molecule has 112 valence electrons. The van der Waals surface area contributed by atoms with Crippen LogP contribution in [0, 0.1) is 5.92 Å². The van der Waals surface area contributed by atoms with E-state index in [9.17, 15) is 17.8 Å². The second-order valence-corrected chi connectivity index (χ2v) is 6.48. The van der Waals surface area contributed by atoms with Crippen LogP contribution in [0.1, 0.15) is 5.56 Å². The first-order valence-corrected chi connectivity index (χ1v) is 8.38. The molecule has 1 atom stereocenters. The fraction of sp³-hybridized carbons (Fsp3) is 0.462. The van der Waals surface area contributed by atoms with Crippen molar-refractivity contribution in [3.63, 3.8) is 0 Å². The van der Waals surface area contributed by atoms with Crippen LogP contribution >= 0.6 is 12.6 Å². The zero-order valence-corrected chi connectivity index (χ0v) is 15.9. The van der Waals surface area contributed by atoms with Gasteiger partial charge in [-0.1, -0.05) is 30.3 Å². The first-order chi connectivity index (χ1) is 9.33. The third-order valence-electron chi connectivity index (χ3n) is 2.95. The maximum atomic E-state index is 12.2. The Morgan fingerprint density at radius 1 is 1.33 bits per heavy atom. The minimum absolute atomic E-state index is 0. The minimum atomic E-state index is -4.31. The second kappa shape index (κ2) is 9.86. The molecule has 0 spiro atoms. The van der Waals surface area contributed by atoms with Crippen LogP contribution in [0.15, 0.2) is 30.3 Å². The zero-order valence-electron chi connectivity index (χ0n) is 12.2. The van der Waals surface area contributed by atoms with Gasteiger partial charge in [-0.2, -0.15) is 12.6 Å². The molecule has 0 N–H and O–H groups in total. The van der Waals surface area contributed by atoms with Gasteiger partial charge < -0.3 is 9.45 Å². The molecule has 0 saturated heterocycles. The molecule has 1 aromatic rings. The summed E-state index contributed by atoms with van der Waals surface area (Å²) in [5.41, 5.74) is 1.02. The fourth-order valence-electron chi connectivity index (χ4n) is 1.80. The molecule has 1 amide bonds. The van der Waals surface area contributed by atoms with Crippen LogP contribution in [0.5, 0.6) is 0 Å². The summed E-state index contributed by atoms with van der Waals surface area (Å²) < 4.78 is 31.7. The number of benzene rings is 1. The van der Waals surface area contributed by atoms with Gasteiger partial charge in [0.25, 0.3) is 0 Å². The Kier molecular flexibility index (Phi) is 9.84. The zero-order chi connectivity index (χ0) is 15.2.